The van der Waals surface area contributed by atoms with Gasteiger partial charge in [-0.25, -0.2) is 4.39 Å². The molecule has 1 saturated heterocycles. The Morgan fingerprint density at radius 3 is 2.53 bits per heavy atom. The van der Waals surface area contributed by atoms with Crippen molar-refractivity contribution in [3.8, 4) is 5.75 Å². The summed E-state index contributed by atoms with van der Waals surface area (Å²) in [5.41, 5.74) is 1.50. The highest BCUT2D eigenvalue weighted by Gasteiger charge is 2.32. The molecule has 1 aliphatic heterocycles. The monoisotopic (exact) mass is 636 g/mol. The molecule has 0 N–H and O–H groups in total. The lowest BCUT2D eigenvalue weighted by molar-refractivity contribution is -0.139. The van der Waals surface area contributed by atoms with Crippen molar-refractivity contribution in [2.24, 2.45) is 0 Å². The molecule has 2 atom stereocenters. The normalized spacial score (nSPS) is 19.6. The Balaban J connectivity index is 1.61. The number of carbonyl (C=O) groups excluding carboxylic acids is 2. The van der Waals surface area contributed by atoms with Gasteiger partial charge in [-0.15, -0.1) is 0 Å². The maximum absolute atomic E-state index is 13.1. The number of hydrogen-bond donors (Lipinski definition) is 0. The predicted molar refractivity (Wildman–Crippen MR) is 130 cm³/mol. The average Bonchev–Trinajstić information content (AvgIpc) is 2.70. The van der Waals surface area contributed by atoms with Gasteiger partial charge in [-0.2, -0.15) is 0 Å². The standard InChI is InChI=1S/C22H23FI2N2O3/c1-14-10-27(15(2)9-26(14)11-16-3-5-18(23)6-4-16)21(29)13-30-22-17(12-28)7-19(24)8-20(22)25/h3-8,12,14-15H,9-11,13H2,1-2H3/t14-,15+/m0/s1. The highest BCUT2D eigenvalue weighted by atomic mass is 127. The second kappa shape index (κ2) is 10.4. The topological polar surface area (TPSA) is 49.9 Å². The molecule has 2 aromatic carbocycles. The van der Waals surface area contributed by atoms with Crippen molar-refractivity contribution in [3.63, 3.8) is 0 Å². The van der Waals surface area contributed by atoms with E-state index in [2.05, 4.69) is 57.0 Å². The van der Waals surface area contributed by atoms with Crippen LogP contribution in [0.15, 0.2) is 36.4 Å². The molecule has 1 heterocycles. The molecule has 160 valence electrons. The van der Waals surface area contributed by atoms with E-state index in [-0.39, 0.29) is 30.4 Å². The third-order valence-electron chi connectivity index (χ3n) is 5.24. The summed E-state index contributed by atoms with van der Waals surface area (Å²) in [6.45, 7) is 6.04. The first-order valence-electron chi connectivity index (χ1n) is 9.63. The van der Waals surface area contributed by atoms with Gasteiger partial charge in [0.2, 0.25) is 0 Å². The molecule has 0 bridgehead atoms. The number of aldehydes is 1. The molecule has 0 aliphatic carbocycles. The summed E-state index contributed by atoms with van der Waals surface area (Å²) in [4.78, 5) is 28.4. The number of hydrogen-bond acceptors (Lipinski definition) is 4. The minimum absolute atomic E-state index is 0.0269. The van der Waals surface area contributed by atoms with Gasteiger partial charge in [0.1, 0.15) is 11.6 Å². The third kappa shape index (κ3) is 5.70. The van der Waals surface area contributed by atoms with Crippen molar-refractivity contribution in [2.45, 2.75) is 32.5 Å². The van der Waals surface area contributed by atoms with Crippen molar-refractivity contribution in [2.75, 3.05) is 19.7 Å². The first-order valence-corrected chi connectivity index (χ1v) is 11.8. The minimum Gasteiger partial charge on any atom is -0.482 e. The number of carbonyl (C=O) groups is 2. The van der Waals surface area contributed by atoms with Gasteiger partial charge in [0.15, 0.2) is 12.9 Å². The second-order valence-corrected chi connectivity index (χ2v) is 9.92. The Bertz CT molecular complexity index is 923. The number of rotatable bonds is 6. The number of benzene rings is 2. The van der Waals surface area contributed by atoms with E-state index in [4.69, 9.17) is 4.74 Å². The van der Waals surface area contributed by atoms with Crippen LogP contribution in [0.25, 0.3) is 0 Å². The maximum atomic E-state index is 13.1. The fraction of sp³-hybridized carbons (Fsp3) is 0.364. The van der Waals surface area contributed by atoms with Crippen molar-refractivity contribution < 1.29 is 18.7 Å². The van der Waals surface area contributed by atoms with Gasteiger partial charge in [-0.1, -0.05) is 12.1 Å². The van der Waals surface area contributed by atoms with Crippen LogP contribution in [0.1, 0.15) is 29.8 Å². The van der Waals surface area contributed by atoms with Crippen molar-refractivity contribution in [3.05, 3.63) is 60.5 Å². The molecule has 0 unspecified atom stereocenters. The van der Waals surface area contributed by atoms with Crippen LogP contribution >= 0.6 is 45.2 Å². The summed E-state index contributed by atoms with van der Waals surface area (Å²) in [5, 5.41) is 0. The van der Waals surface area contributed by atoms with Crippen LogP contribution in [-0.4, -0.2) is 53.8 Å². The zero-order valence-electron chi connectivity index (χ0n) is 16.8. The summed E-state index contributed by atoms with van der Waals surface area (Å²) in [6.07, 6.45) is 0.753. The van der Waals surface area contributed by atoms with E-state index in [1.54, 1.807) is 18.2 Å². The van der Waals surface area contributed by atoms with Gasteiger partial charge in [0.05, 0.1) is 9.13 Å². The fourth-order valence-electron chi connectivity index (χ4n) is 3.63. The summed E-state index contributed by atoms with van der Waals surface area (Å²) in [5.74, 6) is 0.119. The Morgan fingerprint density at radius 1 is 1.17 bits per heavy atom. The van der Waals surface area contributed by atoms with Crippen LogP contribution in [0.4, 0.5) is 4.39 Å². The van der Waals surface area contributed by atoms with E-state index in [1.807, 2.05) is 17.9 Å². The molecule has 30 heavy (non-hydrogen) atoms. The van der Waals surface area contributed by atoms with E-state index in [1.165, 1.54) is 12.1 Å². The molecule has 0 saturated carbocycles. The summed E-state index contributed by atoms with van der Waals surface area (Å²) in [6, 6.07) is 10.4. The number of nitrogens with zero attached hydrogens (tertiary/aromatic N) is 2. The fourth-order valence-corrected chi connectivity index (χ4v) is 5.67. The van der Waals surface area contributed by atoms with E-state index < -0.39 is 0 Å². The zero-order valence-corrected chi connectivity index (χ0v) is 21.1. The molecule has 5 nitrogen and oxygen atoms in total. The van der Waals surface area contributed by atoms with Gasteiger partial charge < -0.3 is 9.64 Å². The molecular weight excluding hydrogens is 613 g/mol. The summed E-state index contributed by atoms with van der Waals surface area (Å²) in [7, 11) is 0. The average molecular weight is 636 g/mol. The molecule has 0 spiro atoms. The molecule has 1 aliphatic rings. The summed E-state index contributed by atoms with van der Waals surface area (Å²) < 4.78 is 20.7. The first-order chi connectivity index (χ1) is 14.3. The van der Waals surface area contributed by atoms with Gasteiger partial charge in [0, 0.05) is 35.3 Å². The Kier molecular flexibility index (Phi) is 8.08. The molecule has 2 aromatic rings. The third-order valence-corrected chi connectivity index (χ3v) is 6.66. The van der Waals surface area contributed by atoms with Gasteiger partial charge >= 0.3 is 0 Å². The number of piperazine rings is 1. The predicted octanol–water partition coefficient (Wildman–Crippen LogP) is 4.35. The van der Waals surface area contributed by atoms with Gasteiger partial charge in [0.25, 0.3) is 5.91 Å². The summed E-state index contributed by atoms with van der Waals surface area (Å²) >= 11 is 4.26. The lowest BCUT2D eigenvalue weighted by Gasteiger charge is -2.44. The Morgan fingerprint density at radius 2 is 1.87 bits per heavy atom. The molecule has 3 rings (SSSR count). The van der Waals surface area contributed by atoms with Crippen molar-refractivity contribution >= 4 is 57.4 Å². The Labute approximate surface area is 203 Å². The van der Waals surface area contributed by atoms with E-state index >= 15 is 0 Å². The van der Waals surface area contributed by atoms with Crippen LogP contribution in [0, 0.1) is 13.0 Å². The number of ether oxygens (including phenoxy) is 1. The molecule has 0 aromatic heterocycles. The SMILES string of the molecule is C[C@@H]1CN(Cc2ccc(F)cc2)[C@@H](C)CN1C(=O)COc1c(I)cc(I)cc1C=O. The molecular formula is C22H23FI2N2O3. The highest BCUT2D eigenvalue weighted by molar-refractivity contribution is 14.1. The lowest BCUT2D eigenvalue weighted by Crippen LogP contribution is -2.58. The molecule has 1 amide bonds. The minimum atomic E-state index is -0.240. The molecule has 0 radical (unpaired) electrons. The second-order valence-electron chi connectivity index (χ2n) is 7.51. The molecule has 8 heteroatoms. The van der Waals surface area contributed by atoms with Crippen LogP contribution in [-0.2, 0) is 11.3 Å². The zero-order chi connectivity index (χ0) is 21.8. The quantitative estimate of drug-likeness (QED) is 0.350. The van der Waals surface area contributed by atoms with Gasteiger partial charge in [-0.3, -0.25) is 14.5 Å². The smallest absolute Gasteiger partial charge is 0.260 e. The van der Waals surface area contributed by atoms with Crippen LogP contribution in [0.5, 0.6) is 5.75 Å². The van der Waals surface area contributed by atoms with E-state index in [9.17, 15) is 14.0 Å². The highest BCUT2D eigenvalue weighted by Crippen LogP contribution is 2.27. The van der Waals surface area contributed by atoms with Crippen LogP contribution in [0.2, 0.25) is 0 Å². The van der Waals surface area contributed by atoms with Gasteiger partial charge in [-0.05, 0) is 88.9 Å². The lowest BCUT2D eigenvalue weighted by atomic mass is 10.1. The maximum Gasteiger partial charge on any atom is 0.260 e. The van der Waals surface area contributed by atoms with Crippen LogP contribution in [0.3, 0.4) is 0 Å². The van der Waals surface area contributed by atoms with Crippen molar-refractivity contribution in [1.82, 2.24) is 9.80 Å². The number of amides is 1. The number of halogens is 3. The Hall–Kier alpha value is -1.27. The van der Waals surface area contributed by atoms with E-state index in [0.29, 0.717) is 24.4 Å². The van der Waals surface area contributed by atoms with Crippen LogP contribution < -0.4 is 4.74 Å². The van der Waals surface area contributed by atoms with Crippen molar-refractivity contribution in [1.29, 1.82) is 0 Å². The first kappa shape index (κ1) is 23.4. The largest absolute Gasteiger partial charge is 0.482 e. The molecule has 1 fully saturated rings. The van der Waals surface area contributed by atoms with E-state index in [0.717, 1.165) is 25.5 Å².